The number of nitrogens with one attached hydrogen (secondary N) is 1. The summed E-state index contributed by atoms with van der Waals surface area (Å²) in [6.45, 7) is 3.80. The highest BCUT2D eigenvalue weighted by molar-refractivity contribution is 6.30. The molecule has 1 saturated carbocycles. The van der Waals surface area contributed by atoms with Gasteiger partial charge < -0.3 is 5.32 Å². The van der Waals surface area contributed by atoms with E-state index in [1.807, 2.05) is 38.1 Å². The fourth-order valence-corrected chi connectivity index (χ4v) is 2.48. The molecule has 1 heterocycles. The predicted octanol–water partition coefficient (Wildman–Crippen LogP) is 3.81. The number of hydrogen-bond acceptors (Lipinski definition) is 3. The molecule has 0 saturated heterocycles. The van der Waals surface area contributed by atoms with Gasteiger partial charge in [0.25, 0.3) is 5.91 Å². The average molecular weight is 316 g/mol. The van der Waals surface area contributed by atoms with Crippen LogP contribution in [-0.2, 0) is 0 Å². The van der Waals surface area contributed by atoms with Gasteiger partial charge in [-0.25, -0.2) is 9.97 Å². The Balaban J connectivity index is 1.72. The smallest absolute Gasteiger partial charge is 0.255 e. The molecule has 0 spiro atoms. The van der Waals surface area contributed by atoms with Crippen LogP contribution in [0.3, 0.4) is 0 Å². The zero-order valence-corrected chi connectivity index (χ0v) is 13.4. The topological polar surface area (TPSA) is 54.9 Å². The van der Waals surface area contributed by atoms with E-state index in [0.29, 0.717) is 16.5 Å². The molecule has 1 aliphatic carbocycles. The number of halogens is 1. The highest BCUT2D eigenvalue weighted by Crippen LogP contribution is 2.37. The quantitative estimate of drug-likeness (QED) is 0.933. The van der Waals surface area contributed by atoms with Gasteiger partial charge in [0.1, 0.15) is 5.82 Å². The summed E-state index contributed by atoms with van der Waals surface area (Å²) in [5.74, 6) is 1.20. The molecular weight excluding hydrogens is 298 g/mol. The van der Waals surface area contributed by atoms with E-state index in [2.05, 4.69) is 15.3 Å². The van der Waals surface area contributed by atoms with Gasteiger partial charge in [-0.3, -0.25) is 4.79 Å². The standard InChI is InChI=1S/C17H18ClN3O/c1-10(12-5-7-14(18)8-6-12)21-17(22)15-9-19-16(13-3-4-13)20-11(15)2/h5-10,13H,3-4H2,1-2H3,(H,21,22). The van der Waals surface area contributed by atoms with E-state index in [-0.39, 0.29) is 11.9 Å². The molecule has 1 N–H and O–H groups in total. The third-order valence-electron chi connectivity index (χ3n) is 3.90. The first-order valence-corrected chi connectivity index (χ1v) is 7.82. The Labute approximate surface area is 134 Å². The van der Waals surface area contributed by atoms with Crippen molar-refractivity contribution in [1.29, 1.82) is 0 Å². The second-order valence-corrected chi connectivity index (χ2v) is 6.18. The molecule has 1 aliphatic rings. The highest BCUT2D eigenvalue weighted by Gasteiger charge is 2.27. The van der Waals surface area contributed by atoms with Crippen LogP contribution in [0.25, 0.3) is 0 Å². The number of carbonyl (C=O) groups excluding carboxylic acids is 1. The number of rotatable bonds is 4. The Morgan fingerprint density at radius 1 is 1.32 bits per heavy atom. The third-order valence-corrected chi connectivity index (χ3v) is 4.15. The molecule has 1 atom stereocenters. The first kappa shape index (κ1) is 15.0. The number of benzene rings is 1. The van der Waals surface area contributed by atoms with E-state index in [4.69, 9.17) is 11.6 Å². The van der Waals surface area contributed by atoms with E-state index < -0.39 is 0 Å². The molecular formula is C17H18ClN3O. The summed E-state index contributed by atoms with van der Waals surface area (Å²) in [7, 11) is 0. The van der Waals surface area contributed by atoms with Gasteiger partial charge in [-0.05, 0) is 44.4 Å². The SMILES string of the molecule is Cc1nc(C2CC2)ncc1C(=O)NC(C)c1ccc(Cl)cc1. The molecule has 5 heteroatoms. The maximum Gasteiger partial charge on any atom is 0.255 e. The van der Waals surface area contributed by atoms with Crippen LogP contribution in [0.1, 0.15) is 59.2 Å². The van der Waals surface area contributed by atoms with Crippen LogP contribution < -0.4 is 5.32 Å². The number of carbonyl (C=O) groups is 1. The molecule has 1 aromatic carbocycles. The molecule has 0 aliphatic heterocycles. The van der Waals surface area contributed by atoms with Gasteiger partial charge in [0.15, 0.2) is 0 Å². The fourth-order valence-electron chi connectivity index (χ4n) is 2.36. The Morgan fingerprint density at radius 3 is 2.59 bits per heavy atom. The van der Waals surface area contributed by atoms with Gasteiger partial charge in [-0.15, -0.1) is 0 Å². The number of aromatic nitrogens is 2. The zero-order valence-electron chi connectivity index (χ0n) is 12.6. The average Bonchev–Trinajstić information content (AvgIpc) is 3.32. The first-order chi connectivity index (χ1) is 10.5. The van der Waals surface area contributed by atoms with Crippen molar-refractivity contribution >= 4 is 17.5 Å². The lowest BCUT2D eigenvalue weighted by Gasteiger charge is -2.15. The van der Waals surface area contributed by atoms with Crippen molar-refractivity contribution in [1.82, 2.24) is 15.3 Å². The lowest BCUT2D eigenvalue weighted by atomic mass is 10.1. The summed E-state index contributed by atoms with van der Waals surface area (Å²) < 4.78 is 0. The van der Waals surface area contributed by atoms with Crippen molar-refractivity contribution in [3.05, 3.63) is 58.1 Å². The van der Waals surface area contributed by atoms with Crippen LogP contribution in [-0.4, -0.2) is 15.9 Å². The first-order valence-electron chi connectivity index (χ1n) is 7.44. The maximum absolute atomic E-state index is 12.4. The van der Waals surface area contributed by atoms with Gasteiger partial charge in [0.05, 0.1) is 17.3 Å². The molecule has 0 radical (unpaired) electrons. The molecule has 2 aromatic rings. The van der Waals surface area contributed by atoms with E-state index in [1.165, 1.54) is 0 Å². The number of hydrogen-bond donors (Lipinski definition) is 1. The summed E-state index contributed by atoms with van der Waals surface area (Å²) in [6, 6.07) is 7.35. The Hall–Kier alpha value is -1.94. The van der Waals surface area contributed by atoms with E-state index in [0.717, 1.165) is 29.9 Å². The highest BCUT2D eigenvalue weighted by atomic mass is 35.5. The molecule has 1 unspecified atom stereocenters. The Bertz CT molecular complexity index is 696. The summed E-state index contributed by atoms with van der Waals surface area (Å²) in [4.78, 5) is 21.2. The lowest BCUT2D eigenvalue weighted by molar-refractivity contribution is 0.0938. The molecule has 4 nitrogen and oxygen atoms in total. The van der Waals surface area contributed by atoms with Gasteiger partial charge in [0, 0.05) is 17.1 Å². The van der Waals surface area contributed by atoms with E-state index >= 15 is 0 Å². The summed E-state index contributed by atoms with van der Waals surface area (Å²) in [5, 5.41) is 3.66. The minimum absolute atomic E-state index is 0.104. The van der Waals surface area contributed by atoms with Gasteiger partial charge in [-0.2, -0.15) is 0 Å². The zero-order chi connectivity index (χ0) is 15.7. The van der Waals surface area contributed by atoms with Crippen LogP contribution in [0.15, 0.2) is 30.5 Å². The fraction of sp³-hybridized carbons (Fsp3) is 0.353. The van der Waals surface area contributed by atoms with Crippen molar-refractivity contribution in [3.63, 3.8) is 0 Å². The summed E-state index contributed by atoms with van der Waals surface area (Å²) in [6.07, 6.45) is 3.94. The molecule has 0 bridgehead atoms. The second-order valence-electron chi connectivity index (χ2n) is 5.75. The number of nitrogens with zero attached hydrogens (tertiary/aromatic N) is 2. The molecule has 1 amide bonds. The van der Waals surface area contributed by atoms with Gasteiger partial charge >= 0.3 is 0 Å². The van der Waals surface area contributed by atoms with Crippen molar-refractivity contribution in [2.45, 2.75) is 38.6 Å². The minimum Gasteiger partial charge on any atom is -0.345 e. The molecule has 114 valence electrons. The summed E-state index contributed by atoms with van der Waals surface area (Å²) >= 11 is 5.88. The Kier molecular flexibility index (Phi) is 4.12. The lowest BCUT2D eigenvalue weighted by Crippen LogP contribution is -2.27. The van der Waals surface area contributed by atoms with Crippen LogP contribution in [0, 0.1) is 6.92 Å². The summed E-state index contributed by atoms with van der Waals surface area (Å²) in [5.41, 5.74) is 2.27. The molecule has 3 rings (SSSR count). The largest absolute Gasteiger partial charge is 0.345 e. The van der Waals surface area contributed by atoms with Crippen LogP contribution in [0.2, 0.25) is 5.02 Å². The molecule has 1 fully saturated rings. The third kappa shape index (κ3) is 3.28. The van der Waals surface area contributed by atoms with Gasteiger partial charge in [0.2, 0.25) is 0 Å². The molecule has 22 heavy (non-hydrogen) atoms. The van der Waals surface area contributed by atoms with Crippen LogP contribution >= 0.6 is 11.6 Å². The Morgan fingerprint density at radius 2 is 2.00 bits per heavy atom. The maximum atomic E-state index is 12.4. The second kappa shape index (κ2) is 6.05. The van der Waals surface area contributed by atoms with Crippen molar-refractivity contribution in [2.24, 2.45) is 0 Å². The van der Waals surface area contributed by atoms with E-state index in [9.17, 15) is 4.79 Å². The van der Waals surface area contributed by atoms with Crippen molar-refractivity contribution < 1.29 is 4.79 Å². The molecule has 1 aromatic heterocycles. The van der Waals surface area contributed by atoms with Crippen molar-refractivity contribution in [3.8, 4) is 0 Å². The number of aryl methyl sites for hydroxylation is 1. The number of amides is 1. The van der Waals surface area contributed by atoms with Crippen LogP contribution in [0.4, 0.5) is 0 Å². The van der Waals surface area contributed by atoms with Crippen molar-refractivity contribution in [2.75, 3.05) is 0 Å². The normalized spacial score (nSPS) is 15.4. The predicted molar refractivity (Wildman–Crippen MR) is 86.1 cm³/mol. The monoisotopic (exact) mass is 315 g/mol. The van der Waals surface area contributed by atoms with E-state index in [1.54, 1.807) is 6.20 Å². The minimum atomic E-state index is -0.151. The van der Waals surface area contributed by atoms with Gasteiger partial charge in [-0.1, -0.05) is 23.7 Å². The van der Waals surface area contributed by atoms with Crippen LogP contribution in [0.5, 0.6) is 0 Å².